The Hall–Kier alpha value is -3.16. The molecule has 0 amide bonds. The van der Waals surface area contributed by atoms with Crippen molar-refractivity contribution in [3.8, 4) is 5.82 Å². The van der Waals surface area contributed by atoms with Crippen LogP contribution >= 0.6 is 0 Å². The fourth-order valence-corrected chi connectivity index (χ4v) is 3.25. The molecule has 154 valence electrons. The zero-order valence-electron chi connectivity index (χ0n) is 17.9. The van der Waals surface area contributed by atoms with Crippen molar-refractivity contribution in [3.63, 3.8) is 0 Å². The molecule has 0 fully saturated rings. The van der Waals surface area contributed by atoms with E-state index in [0.29, 0.717) is 6.54 Å². The van der Waals surface area contributed by atoms with E-state index in [1.807, 2.05) is 48.5 Å². The van der Waals surface area contributed by atoms with E-state index < -0.39 is 0 Å². The third-order valence-electron chi connectivity index (χ3n) is 4.66. The Kier molecular flexibility index (Phi) is 6.64. The third kappa shape index (κ3) is 5.43. The lowest BCUT2D eigenvalue weighted by Crippen LogP contribution is -2.37. The van der Waals surface area contributed by atoms with Gasteiger partial charge in [0.1, 0.15) is 0 Å². The Labute approximate surface area is 172 Å². The molecule has 0 saturated heterocycles. The molecular weight excluding hydrogens is 364 g/mol. The van der Waals surface area contributed by atoms with Crippen LogP contribution < -0.4 is 10.6 Å². The molecule has 29 heavy (non-hydrogen) atoms. The summed E-state index contributed by atoms with van der Waals surface area (Å²) < 4.78 is 3.90. The van der Waals surface area contributed by atoms with Gasteiger partial charge in [0.15, 0.2) is 11.8 Å². The number of nitrogens with zero attached hydrogens (tertiary/aromatic N) is 6. The van der Waals surface area contributed by atoms with Gasteiger partial charge in [0, 0.05) is 44.3 Å². The van der Waals surface area contributed by atoms with E-state index in [1.165, 1.54) is 5.69 Å². The molecule has 0 atom stereocenters. The molecule has 0 radical (unpaired) electrons. The second-order valence-corrected chi connectivity index (χ2v) is 7.22. The molecule has 0 spiro atoms. The highest BCUT2D eigenvalue weighted by atomic mass is 15.3. The summed E-state index contributed by atoms with van der Waals surface area (Å²) in [5.41, 5.74) is 5.40. The maximum Gasteiger partial charge on any atom is 0.191 e. The molecule has 0 unspecified atom stereocenters. The first-order valence-electron chi connectivity index (χ1n) is 9.90. The fourth-order valence-electron chi connectivity index (χ4n) is 3.25. The van der Waals surface area contributed by atoms with Gasteiger partial charge in [-0.2, -0.15) is 10.2 Å². The van der Waals surface area contributed by atoms with Crippen molar-refractivity contribution >= 4 is 5.96 Å². The Morgan fingerprint density at radius 2 is 1.76 bits per heavy atom. The number of guanidine groups is 1. The number of aromatic nitrogens is 5. The average Bonchev–Trinajstić information content (AvgIpc) is 3.21. The first-order chi connectivity index (χ1) is 14.0. The molecule has 0 bridgehead atoms. The molecule has 8 nitrogen and oxygen atoms in total. The first-order valence-corrected chi connectivity index (χ1v) is 9.90. The van der Waals surface area contributed by atoms with Crippen LogP contribution in [0.15, 0.2) is 35.5 Å². The molecule has 0 saturated carbocycles. The van der Waals surface area contributed by atoms with Crippen molar-refractivity contribution in [1.82, 2.24) is 35.2 Å². The lowest BCUT2D eigenvalue weighted by Gasteiger charge is -2.12. The van der Waals surface area contributed by atoms with Crippen LogP contribution in [0.5, 0.6) is 0 Å². The Balaban J connectivity index is 1.45. The van der Waals surface area contributed by atoms with Crippen molar-refractivity contribution in [2.75, 3.05) is 13.6 Å². The largest absolute Gasteiger partial charge is 0.356 e. The Morgan fingerprint density at radius 3 is 2.34 bits per heavy atom. The Bertz CT molecular complexity index is 965. The molecule has 0 aromatic carbocycles. The summed E-state index contributed by atoms with van der Waals surface area (Å²) >= 11 is 0. The Morgan fingerprint density at radius 1 is 1.00 bits per heavy atom. The lowest BCUT2D eigenvalue weighted by atomic mass is 10.3. The smallest absolute Gasteiger partial charge is 0.191 e. The molecule has 3 rings (SSSR count). The van der Waals surface area contributed by atoms with Gasteiger partial charge in [-0.25, -0.2) is 9.67 Å². The van der Waals surface area contributed by atoms with Crippen LogP contribution in [0, 0.1) is 27.7 Å². The second kappa shape index (κ2) is 9.36. The average molecular weight is 395 g/mol. The van der Waals surface area contributed by atoms with Gasteiger partial charge in [-0.15, -0.1) is 0 Å². The summed E-state index contributed by atoms with van der Waals surface area (Å²) in [6, 6.07) is 8.19. The van der Waals surface area contributed by atoms with Gasteiger partial charge in [0.2, 0.25) is 0 Å². The van der Waals surface area contributed by atoms with E-state index in [0.717, 1.165) is 53.9 Å². The predicted molar refractivity (Wildman–Crippen MR) is 115 cm³/mol. The molecule has 0 aliphatic rings. The second-order valence-electron chi connectivity index (χ2n) is 7.22. The van der Waals surface area contributed by atoms with Gasteiger partial charge in [-0.05, 0) is 57.9 Å². The van der Waals surface area contributed by atoms with Gasteiger partial charge < -0.3 is 10.6 Å². The van der Waals surface area contributed by atoms with Gasteiger partial charge in [-0.3, -0.25) is 9.67 Å². The highest BCUT2D eigenvalue weighted by molar-refractivity contribution is 5.79. The van der Waals surface area contributed by atoms with E-state index in [-0.39, 0.29) is 0 Å². The van der Waals surface area contributed by atoms with Gasteiger partial charge in [0.25, 0.3) is 0 Å². The summed E-state index contributed by atoms with van der Waals surface area (Å²) in [5, 5.41) is 15.6. The van der Waals surface area contributed by atoms with Crippen LogP contribution in [0.2, 0.25) is 0 Å². The van der Waals surface area contributed by atoms with E-state index in [9.17, 15) is 0 Å². The first kappa shape index (κ1) is 20.6. The van der Waals surface area contributed by atoms with Crippen LogP contribution in [0.1, 0.15) is 34.8 Å². The third-order valence-corrected chi connectivity index (χ3v) is 4.66. The van der Waals surface area contributed by atoms with E-state index >= 15 is 0 Å². The molecule has 8 heteroatoms. The minimum Gasteiger partial charge on any atom is -0.356 e. The van der Waals surface area contributed by atoms with E-state index in [2.05, 4.69) is 49.9 Å². The maximum atomic E-state index is 4.54. The molecule has 2 N–H and O–H groups in total. The van der Waals surface area contributed by atoms with Crippen molar-refractivity contribution in [3.05, 3.63) is 58.8 Å². The number of hydrogen-bond donors (Lipinski definition) is 2. The molecule has 0 aliphatic heterocycles. The van der Waals surface area contributed by atoms with Gasteiger partial charge >= 0.3 is 0 Å². The number of aryl methyl sites for hydroxylation is 5. The molecule has 3 heterocycles. The van der Waals surface area contributed by atoms with E-state index in [4.69, 9.17) is 0 Å². The summed E-state index contributed by atoms with van der Waals surface area (Å²) in [6.07, 6.45) is 2.84. The number of aliphatic imine (C=N–C) groups is 1. The predicted octanol–water partition coefficient (Wildman–Crippen LogP) is 2.45. The SMILES string of the molecule is CN=C(NCCCn1nc(C)cc1C)NCc1ccc(-n2nc(C)cc2C)nc1. The zero-order valence-corrected chi connectivity index (χ0v) is 17.9. The minimum atomic E-state index is 0.654. The summed E-state index contributed by atoms with van der Waals surface area (Å²) in [7, 11) is 1.78. The topological polar surface area (TPSA) is 85.0 Å². The molecular formula is C21H30N8. The quantitative estimate of drug-likeness (QED) is 0.365. The molecule has 3 aromatic heterocycles. The van der Waals surface area contributed by atoms with Crippen molar-refractivity contribution in [1.29, 1.82) is 0 Å². The lowest BCUT2D eigenvalue weighted by molar-refractivity contribution is 0.555. The van der Waals surface area contributed by atoms with Crippen LogP contribution in [0.25, 0.3) is 5.82 Å². The minimum absolute atomic E-state index is 0.654. The number of hydrogen-bond acceptors (Lipinski definition) is 4. The maximum absolute atomic E-state index is 4.54. The van der Waals surface area contributed by atoms with Crippen molar-refractivity contribution < 1.29 is 0 Å². The summed E-state index contributed by atoms with van der Waals surface area (Å²) in [4.78, 5) is 8.82. The highest BCUT2D eigenvalue weighted by Crippen LogP contribution is 2.10. The fraction of sp³-hybridized carbons (Fsp3) is 0.429. The van der Waals surface area contributed by atoms with Crippen LogP contribution in [-0.4, -0.2) is 44.1 Å². The summed E-state index contributed by atoms with van der Waals surface area (Å²) in [6.45, 7) is 10.5. The van der Waals surface area contributed by atoms with Gasteiger partial charge in [0.05, 0.1) is 11.4 Å². The number of nitrogens with one attached hydrogen (secondary N) is 2. The summed E-state index contributed by atoms with van der Waals surface area (Å²) in [5.74, 6) is 1.60. The van der Waals surface area contributed by atoms with Crippen LogP contribution in [0.3, 0.4) is 0 Å². The van der Waals surface area contributed by atoms with Gasteiger partial charge in [-0.1, -0.05) is 6.07 Å². The van der Waals surface area contributed by atoms with Crippen LogP contribution in [-0.2, 0) is 13.1 Å². The van der Waals surface area contributed by atoms with Crippen molar-refractivity contribution in [2.45, 2.75) is 47.2 Å². The highest BCUT2D eigenvalue weighted by Gasteiger charge is 2.06. The molecule has 0 aliphatic carbocycles. The van der Waals surface area contributed by atoms with Crippen LogP contribution in [0.4, 0.5) is 0 Å². The monoisotopic (exact) mass is 394 g/mol. The normalized spacial score (nSPS) is 11.7. The van der Waals surface area contributed by atoms with E-state index in [1.54, 1.807) is 7.05 Å². The van der Waals surface area contributed by atoms with Crippen molar-refractivity contribution in [2.24, 2.45) is 4.99 Å². The zero-order chi connectivity index (χ0) is 20.8. The number of rotatable bonds is 7. The standard InChI is InChI=1S/C21H30N8/c1-15-11-17(3)28(26-15)10-6-9-23-21(22-5)25-14-19-7-8-20(24-13-19)29-18(4)12-16(2)27-29/h7-8,11-13H,6,9-10,14H2,1-5H3,(H2,22,23,25). The molecule has 3 aromatic rings. The number of pyridine rings is 1.